The lowest BCUT2D eigenvalue weighted by Gasteiger charge is -2.30. The second-order valence-corrected chi connectivity index (χ2v) is 21.5. The SMILES string of the molecule is CC(C)C[C@H](NC(=O)[C@@H](N)C(C)C)C(=O)N[C@@H](CO)C(=O)N1CCC[C@H]1C(=O)N[C@@H](C)C(=O)N[C@@H](CC(=O)O)C(=O)N[C@@H](CCCCN)C(=O)N[C@H](C(=O)N[C@@H](CC(N)=O)C(=O)N[C@H](C(=O)N[C@@H](CCCCN)C(=O)O)C(C)C)[C@@H](C)O. The highest BCUT2D eigenvalue weighted by Crippen LogP contribution is 2.20. The predicted octanol–water partition coefficient (Wildman–Crippen LogP) is -5.89. The zero-order chi connectivity index (χ0) is 62.7. The maximum atomic E-state index is 13.9. The number of unbranched alkanes of at least 4 members (excludes halogenated alkanes) is 2. The number of rotatable bonds is 38. The van der Waals surface area contributed by atoms with Crippen molar-refractivity contribution < 1.29 is 82.8 Å². The average Bonchev–Trinajstić information content (AvgIpc) is 4.01. The number of nitrogens with one attached hydrogen (secondary N) is 9. The van der Waals surface area contributed by atoms with E-state index in [0.29, 0.717) is 25.7 Å². The van der Waals surface area contributed by atoms with E-state index in [9.17, 15) is 82.8 Å². The molecule has 21 N–H and O–H groups in total. The van der Waals surface area contributed by atoms with Crippen molar-refractivity contribution in [3.05, 3.63) is 0 Å². The molecule has 1 rings (SSSR count). The minimum atomic E-state index is -1.92. The van der Waals surface area contributed by atoms with Gasteiger partial charge in [-0.25, -0.2) is 4.79 Å². The maximum Gasteiger partial charge on any atom is 0.326 e. The van der Waals surface area contributed by atoms with Crippen molar-refractivity contribution in [1.29, 1.82) is 0 Å². The van der Waals surface area contributed by atoms with Gasteiger partial charge >= 0.3 is 11.9 Å². The lowest BCUT2D eigenvalue weighted by Crippen LogP contribution is -2.62. The van der Waals surface area contributed by atoms with Crippen molar-refractivity contribution in [3.63, 3.8) is 0 Å². The monoisotopic (exact) mass is 1170 g/mol. The van der Waals surface area contributed by atoms with Crippen LogP contribution >= 0.6 is 0 Å². The first kappa shape index (κ1) is 72.9. The van der Waals surface area contributed by atoms with E-state index in [1.807, 2.05) is 0 Å². The topological polar surface area (TPSA) is 518 Å². The third kappa shape index (κ3) is 25.0. The molecule has 0 aromatic rings. The molecule has 1 aliphatic heterocycles. The Morgan fingerprint density at radius 2 is 1.00 bits per heavy atom. The van der Waals surface area contributed by atoms with Gasteiger partial charge in [0.05, 0.1) is 31.6 Å². The number of hydrogen-bond acceptors (Lipinski definition) is 18. The lowest BCUT2D eigenvalue weighted by atomic mass is 10.00. The van der Waals surface area contributed by atoms with Crippen molar-refractivity contribution in [2.24, 2.45) is 40.7 Å². The number of nitrogens with zero attached hydrogens (tertiary/aromatic N) is 1. The van der Waals surface area contributed by atoms with E-state index >= 15 is 0 Å². The Bertz CT molecular complexity index is 2220. The van der Waals surface area contributed by atoms with E-state index < -0.39 is 175 Å². The van der Waals surface area contributed by atoms with Crippen LogP contribution in [0.5, 0.6) is 0 Å². The number of carboxylic acid groups (broad SMARTS) is 2. The van der Waals surface area contributed by atoms with E-state index in [-0.39, 0.29) is 63.6 Å². The van der Waals surface area contributed by atoms with Gasteiger partial charge in [-0.3, -0.25) is 57.5 Å². The fourth-order valence-electron chi connectivity index (χ4n) is 8.46. The smallest absolute Gasteiger partial charge is 0.326 e. The molecular formula is C51H90N14O17. The van der Waals surface area contributed by atoms with Gasteiger partial charge in [0, 0.05) is 6.54 Å². The number of carbonyl (C=O) groups is 13. The lowest BCUT2D eigenvalue weighted by molar-refractivity contribution is -0.143. The minimum absolute atomic E-state index is 0.00591. The van der Waals surface area contributed by atoms with Gasteiger partial charge in [-0.2, -0.15) is 0 Å². The highest BCUT2D eigenvalue weighted by Gasteiger charge is 2.41. The largest absolute Gasteiger partial charge is 0.481 e. The van der Waals surface area contributed by atoms with E-state index in [4.69, 9.17) is 22.9 Å². The number of aliphatic carboxylic acids is 2. The summed E-state index contributed by atoms with van der Waals surface area (Å²) in [6.45, 7) is 11.9. The molecule has 82 heavy (non-hydrogen) atoms. The molecule has 466 valence electrons. The molecule has 0 aliphatic carbocycles. The Morgan fingerprint density at radius 3 is 1.50 bits per heavy atom. The van der Waals surface area contributed by atoms with Crippen LogP contribution in [0.1, 0.15) is 126 Å². The molecule has 0 spiro atoms. The standard InChI is InChI=1S/C51H90N14O17/c1-24(2)20-31(60-47(77)38(55)25(3)4)43(73)62-34(23-66)50(80)65-19-13-16-35(65)46(76)56-27(7)41(71)59-33(22-37(69)70)44(74)57-29(14-9-11-17-52)42(72)64-40(28(8)67)49(79)61-32(21-36(54)68)45(75)63-39(26(5)6)48(78)58-30(51(81)82)15-10-12-18-53/h24-35,38-40,66-67H,9-23,52-53,55H2,1-8H3,(H2,54,68)(H,56,76)(H,57,74)(H,58,78)(H,59,71)(H,60,77)(H,61,79)(H,62,73)(H,63,75)(H,64,72)(H,69,70)(H,81,82)/t27-,28+,29-,30-,31-,32-,33-,34-,35-,38-,39-,40-/m0/s1. The molecule has 31 heteroatoms. The number of aliphatic hydroxyl groups excluding tert-OH is 2. The molecule has 11 amide bonds. The molecule has 1 fully saturated rings. The van der Waals surface area contributed by atoms with Crippen molar-refractivity contribution in [1.82, 2.24) is 52.8 Å². The number of primary amides is 1. The third-order valence-corrected chi connectivity index (χ3v) is 13.2. The number of likely N-dealkylation sites (tertiary alicyclic amines) is 1. The summed E-state index contributed by atoms with van der Waals surface area (Å²) in [5.74, 6) is -14.9. The molecule has 12 atom stereocenters. The van der Waals surface area contributed by atoms with Crippen LogP contribution in [0, 0.1) is 17.8 Å². The molecule has 1 heterocycles. The molecular weight excluding hydrogens is 1080 g/mol. The van der Waals surface area contributed by atoms with Crippen LogP contribution in [0.15, 0.2) is 0 Å². The summed E-state index contributed by atoms with van der Waals surface area (Å²) in [5, 5.41) is 61.7. The fourth-order valence-corrected chi connectivity index (χ4v) is 8.46. The summed E-state index contributed by atoms with van der Waals surface area (Å²) >= 11 is 0. The van der Waals surface area contributed by atoms with E-state index in [0.717, 1.165) is 11.8 Å². The highest BCUT2D eigenvalue weighted by molar-refractivity contribution is 6.00. The first-order valence-corrected chi connectivity index (χ1v) is 27.5. The van der Waals surface area contributed by atoms with Crippen LogP contribution in [0.4, 0.5) is 0 Å². The van der Waals surface area contributed by atoms with Crippen molar-refractivity contribution in [2.75, 3.05) is 26.2 Å². The summed E-state index contributed by atoms with van der Waals surface area (Å²) in [7, 11) is 0. The maximum absolute atomic E-state index is 13.9. The van der Waals surface area contributed by atoms with Gasteiger partial charge in [-0.1, -0.05) is 41.5 Å². The Balaban J connectivity index is 3.30. The van der Waals surface area contributed by atoms with Crippen LogP contribution in [-0.4, -0.2) is 201 Å². The first-order valence-electron chi connectivity index (χ1n) is 27.5. The van der Waals surface area contributed by atoms with Gasteiger partial charge in [0.25, 0.3) is 0 Å². The fraction of sp³-hybridized carbons (Fsp3) is 0.745. The van der Waals surface area contributed by atoms with Gasteiger partial charge in [-0.15, -0.1) is 0 Å². The van der Waals surface area contributed by atoms with Crippen LogP contribution in [0.3, 0.4) is 0 Å². The Hall–Kier alpha value is -7.09. The number of carboxylic acids is 2. The van der Waals surface area contributed by atoms with Crippen molar-refractivity contribution >= 4 is 76.9 Å². The predicted molar refractivity (Wildman–Crippen MR) is 293 cm³/mol. The number of carbonyl (C=O) groups excluding carboxylic acids is 11. The molecule has 1 saturated heterocycles. The summed E-state index contributed by atoms with van der Waals surface area (Å²) in [6, 6.07) is -16.3. The summed E-state index contributed by atoms with van der Waals surface area (Å²) < 4.78 is 0. The number of aliphatic hydroxyl groups is 2. The Labute approximate surface area is 476 Å². The van der Waals surface area contributed by atoms with Gasteiger partial charge in [0.1, 0.15) is 60.4 Å². The Kier molecular flexibility index (Phi) is 32.4. The van der Waals surface area contributed by atoms with Gasteiger partial charge in [-0.05, 0) is 102 Å². The first-order chi connectivity index (χ1) is 38.3. The molecule has 0 aromatic carbocycles. The second-order valence-electron chi connectivity index (χ2n) is 21.5. The number of nitrogens with two attached hydrogens (primary N) is 4. The third-order valence-electron chi connectivity index (χ3n) is 13.2. The minimum Gasteiger partial charge on any atom is -0.481 e. The van der Waals surface area contributed by atoms with Gasteiger partial charge in [0.2, 0.25) is 65.0 Å². The molecule has 1 aliphatic rings. The molecule has 0 bridgehead atoms. The average molecular weight is 1170 g/mol. The van der Waals surface area contributed by atoms with E-state index in [1.54, 1.807) is 27.7 Å². The molecule has 0 radical (unpaired) electrons. The van der Waals surface area contributed by atoms with E-state index in [2.05, 4.69) is 47.9 Å². The summed E-state index contributed by atoms with van der Waals surface area (Å²) in [5.41, 5.74) is 22.5. The van der Waals surface area contributed by atoms with Crippen LogP contribution in [0.2, 0.25) is 0 Å². The normalized spacial score (nSPS) is 17.2. The van der Waals surface area contributed by atoms with Crippen molar-refractivity contribution in [2.45, 2.75) is 199 Å². The van der Waals surface area contributed by atoms with Crippen LogP contribution < -0.4 is 70.8 Å². The molecule has 0 unspecified atom stereocenters. The molecule has 31 nitrogen and oxygen atoms in total. The van der Waals surface area contributed by atoms with E-state index in [1.165, 1.54) is 20.8 Å². The number of hydrogen-bond donors (Lipinski definition) is 17. The Morgan fingerprint density at radius 1 is 0.537 bits per heavy atom. The van der Waals surface area contributed by atoms with Crippen molar-refractivity contribution in [3.8, 4) is 0 Å². The second kappa shape index (κ2) is 36.4. The highest BCUT2D eigenvalue weighted by atomic mass is 16.4. The summed E-state index contributed by atoms with van der Waals surface area (Å²) in [6.07, 6.45) is -2.01. The molecule has 0 aromatic heterocycles. The number of amides is 11. The van der Waals surface area contributed by atoms with Crippen LogP contribution in [0.25, 0.3) is 0 Å². The van der Waals surface area contributed by atoms with Crippen LogP contribution in [-0.2, 0) is 62.3 Å². The molecule has 0 saturated carbocycles. The van der Waals surface area contributed by atoms with Gasteiger partial charge < -0.3 is 96.1 Å². The zero-order valence-electron chi connectivity index (χ0n) is 48.1. The van der Waals surface area contributed by atoms with Gasteiger partial charge in [0.15, 0.2) is 0 Å². The quantitative estimate of drug-likeness (QED) is 0.0256. The summed E-state index contributed by atoms with van der Waals surface area (Å²) in [4.78, 5) is 173. The zero-order valence-corrected chi connectivity index (χ0v) is 48.1.